The molecule has 0 saturated carbocycles. The van der Waals surface area contributed by atoms with Crippen molar-refractivity contribution >= 4 is 12.6 Å². The van der Waals surface area contributed by atoms with Crippen LogP contribution in [0.3, 0.4) is 0 Å². The molecule has 0 radical (unpaired) electrons. The zero-order valence-electron chi connectivity index (χ0n) is 14.6. The molecule has 0 aliphatic carbocycles. The Hall–Kier alpha value is -1.92. The van der Waals surface area contributed by atoms with Gasteiger partial charge in [0.05, 0.1) is 11.2 Å². The van der Waals surface area contributed by atoms with Gasteiger partial charge in [-0.25, -0.2) is 9.37 Å². The number of hydrogen-bond acceptors (Lipinski definition) is 4. The molecule has 0 unspecified atom stereocenters. The Balaban J connectivity index is 1.79. The highest BCUT2D eigenvalue weighted by Gasteiger charge is 2.52. The molecule has 1 fully saturated rings. The van der Waals surface area contributed by atoms with Gasteiger partial charge in [0.15, 0.2) is 0 Å². The molecule has 0 bridgehead atoms. The highest BCUT2D eigenvalue weighted by Crippen LogP contribution is 2.36. The Bertz CT molecular complexity index is 730. The van der Waals surface area contributed by atoms with Gasteiger partial charge in [-0.05, 0) is 46.2 Å². The van der Waals surface area contributed by atoms with E-state index in [9.17, 15) is 4.39 Å². The summed E-state index contributed by atoms with van der Waals surface area (Å²) in [6.07, 6.45) is 1.70. The number of halogens is 1. The lowest BCUT2D eigenvalue weighted by Crippen LogP contribution is -2.41. The summed E-state index contributed by atoms with van der Waals surface area (Å²) in [6.45, 7) is 9.68. The predicted octanol–water partition coefficient (Wildman–Crippen LogP) is 3.62. The summed E-state index contributed by atoms with van der Waals surface area (Å²) in [5.74, 6) is 0.366. The van der Waals surface area contributed by atoms with Gasteiger partial charge in [-0.2, -0.15) is 0 Å². The largest absolute Gasteiger partial charge is 0.497 e. The van der Waals surface area contributed by atoms with Gasteiger partial charge in [-0.3, -0.25) is 0 Å². The molecule has 24 heavy (non-hydrogen) atoms. The van der Waals surface area contributed by atoms with E-state index in [0.29, 0.717) is 17.1 Å². The van der Waals surface area contributed by atoms with E-state index in [0.717, 1.165) is 5.56 Å². The Morgan fingerprint density at radius 2 is 1.71 bits per heavy atom. The van der Waals surface area contributed by atoms with Crippen LogP contribution in [-0.2, 0) is 9.31 Å². The van der Waals surface area contributed by atoms with Crippen LogP contribution in [0, 0.1) is 12.7 Å². The minimum absolute atomic E-state index is 0.359. The van der Waals surface area contributed by atoms with Crippen LogP contribution in [0.15, 0.2) is 36.5 Å². The minimum Gasteiger partial charge on any atom is -0.439 e. The normalized spacial score (nSPS) is 18.7. The topological polar surface area (TPSA) is 40.6 Å². The van der Waals surface area contributed by atoms with Crippen molar-refractivity contribution in [2.75, 3.05) is 0 Å². The maximum atomic E-state index is 14.5. The second kappa shape index (κ2) is 5.86. The van der Waals surface area contributed by atoms with Crippen molar-refractivity contribution < 1.29 is 18.4 Å². The molecule has 3 rings (SSSR count). The van der Waals surface area contributed by atoms with Crippen molar-refractivity contribution in [2.45, 2.75) is 45.8 Å². The number of rotatable bonds is 3. The van der Waals surface area contributed by atoms with E-state index in [-0.39, 0.29) is 0 Å². The van der Waals surface area contributed by atoms with Crippen LogP contribution < -0.4 is 10.2 Å². The first-order chi connectivity index (χ1) is 11.2. The monoisotopic (exact) mass is 329 g/mol. The van der Waals surface area contributed by atoms with Crippen LogP contribution in [0.5, 0.6) is 11.6 Å². The third-order valence-corrected chi connectivity index (χ3v) is 4.59. The fraction of sp³-hybridized carbons (Fsp3) is 0.389. The van der Waals surface area contributed by atoms with Crippen molar-refractivity contribution in [3.8, 4) is 11.6 Å². The van der Waals surface area contributed by atoms with Crippen molar-refractivity contribution in [2.24, 2.45) is 0 Å². The molecule has 0 amide bonds. The first-order valence-corrected chi connectivity index (χ1v) is 7.93. The number of aromatic nitrogens is 1. The van der Waals surface area contributed by atoms with E-state index in [1.54, 1.807) is 24.4 Å². The zero-order valence-corrected chi connectivity index (χ0v) is 14.6. The average Bonchev–Trinajstić information content (AvgIpc) is 2.70. The molecule has 6 heteroatoms. The lowest BCUT2D eigenvalue weighted by molar-refractivity contribution is 0.00578. The Morgan fingerprint density at radius 1 is 1.04 bits per heavy atom. The van der Waals surface area contributed by atoms with Gasteiger partial charge in [0, 0.05) is 23.8 Å². The molecule has 2 heterocycles. The molecule has 0 N–H and O–H groups in total. The standard InChI is InChI=1S/C18H21BFNO3/c1-12-6-9-16(21-11-12)22-13-7-8-14(15(20)10-13)19-23-17(2,3)18(4,5)24-19/h6-11H,1-5H3. The van der Waals surface area contributed by atoms with Gasteiger partial charge in [-0.1, -0.05) is 12.1 Å². The number of nitrogens with zero attached hydrogens (tertiary/aromatic N) is 1. The lowest BCUT2D eigenvalue weighted by atomic mass is 9.78. The van der Waals surface area contributed by atoms with Gasteiger partial charge in [0.2, 0.25) is 5.88 Å². The van der Waals surface area contributed by atoms with Crippen LogP contribution in [0.4, 0.5) is 4.39 Å². The summed E-state index contributed by atoms with van der Waals surface area (Å²) in [5.41, 5.74) is 0.374. The van der Waals surface area contributed by atoms with Crippen LogP contribution in [0.2, 0.25) is 0 Å². The maximum absolute atomic E-state index is 14.5. The number of benzene rings is 1. The molecule has 4 nitrogen and oxygen atoms in total. The van der Waals surface area contributed by atoms with Gasteiger partial charge >= 0.3 is 7.12 Å². The highest BCUT2D eigenvalue weighted by atomic mass is 19.1. The summed E-state index contributed by atoms with van der Waals surface area (Å²) < 4.78 is 31.9. The van der Waals surface area contributed by atoms with E-state index in [2.05, 4.69) is 4.98 Å². The summed E-state index contributed by atoms with van der Waals surface area (Å²) in [6, 6.07) is 8.26. The van der Waals surface area contributed by atoms with Crippen molar-refractivity contribution in [3.63, 3.8) is 0 Å². The number of pyridine rings is 1. The summed E-state index contributed by atoms with van der Waals surface area (Å²) in [5, 5.41) is 0. The molecule has 126 valence electrons. The predicted molar refractivity (Wildman–Crippen MR) is 91.2 cm³/mol. The van der Waals surface area contributed by atoms with E-state index in [1.807, 2.05) is 40.7 Å². The fourth-order valence-corrected chi connectivity index (χ4v) is 2.37. The van der Waals surface area contributed by atoms with Crippen LogP contribution in [-0.4, -0.2) is 23.3 Å². The quantitative estimate of drug-likeness (QED) is 0.807. The maximum Gasteiger partial charge on any atom is 0.497 e. The molecule has 0 atom stereocenters. The van der Waals surface area contributed by atoms with E-state index in [4.69, 9.17) is 14.0 Å². The Morgan fingerprint density at radius 3 is 2.25 bits per heavy atom. The first kappa shape index (κ1) is 16.9. The first-order valence-electron chi connectivity index (χ1n) is 7.93. The third-order valence-electron chi connectivity index (χ3n) is 4.59. The van der Waals surface area contributed by atoms with Crippen LogP contribution >= 0.6 is 0 Å². The second-order valence-electron chi connectivity index (χ2n) is 7.05. The molecule has 0 spiro atoms. The Labute approximate surface area is 142 Å². The van der Waals surface area contributed by atoms with E-state index < -0.39 is 24.1 Å². The third kappa shape index (κ3) is 3.16. The summed E-state index contributed by atoms with van der Waals surface area (Å²) in [7, 11) is -0.735. The molecule has 1 aliphatic heterocycles. The molecular weight excluding hydrogens is 308 g/mol. The molecule has 1 aromatic carbocycles. The minimum atomic E-state index is -0.735. The van der Waals surface area contributed by atoms with Gasteiger partial charge in [0.25, 0.3) is 0 Å². The highest BCUT2D eigenvalue weighted by molar-refractivity contribution is 6.62. The molecule has 2 aromatic rings. The number of aryl methyl sites for hydroxylation is 1. The zero-order chi connectivity index (χ0) is 17.5. The smallest absolute Gasteiger partial charge is 0.439 e. The van der Waals surface area contributed by atoms with Crippen molar-refractivity contribution in [1.29, 1.82) is 0 Å². The number of hydrogen-bond donors (Lipinski definition) is 0. The van der Waals surface area contributed by atoms with Gasteiger partial charge < -0.3 is 14.0 Å². The van der Waals surface area contributed by atoms with Crippen molar-refractivity contribution in [1.82, 2.24) is 4.98 Å². The summed E-state index contributed by atoms with van der Waals surface area (Å²) >= 11 is 0. The van der Waals surface area contributed by atoms with Crippen LogP contribution in [0.1, 0.15) is 33.3 Å². The molecule has 1 aliphatic rings. The molecular formula is C18H21BFNO3. The lowest BCUT2D eigenvalue weighted by Gasteiger charge is -2.32. The van der Waals surface area contributed by atoms with Crippen molar-refractivity contribution in [3.05, 3.63) is 47.9 Å². The summed E-state index contributed by atoms with van der Waals surface area (Å²) in [4.78, 5) is 4.15. The average molecular weight is 329 g/mol. The SMILES string of the molecule is Cc1ccc(Oc2ccc(B3OC(C)(C)C(C)(C)O3)c(F)c2)nc1. The van der Waals surface area contributed by atoms with E-state index >= 15 is 0 Å². The molecule has 1 aromatic heterocycles. The van der Waals surface area contributed by atoms with Gasteiger partial charge in [0.1, 0.15) is 11.6 Å². The molecule has 1 saturated heterocycles. The second-order valence-corrected chi connectivity index (χ2v) is 7.05. The number of ether oxygens (including phenoxy) is 1. The van der Waals surface area contributed by atoms with Crippen LogP contribution in [0.25, 0.3) is 0 Å². The van der Waals surface area contributed by atoms with E-state index in [1.165, 1.54) is 6.07 Å². The van der Waals surface area contributed by atoms with Gasteiger partial charge in [-0.15, -0.1) is 0 Å². The fourth-order valence-electron chi connectivity index (χ4n) is 2.37. The Kier molecular flexibility index (Phi) is 4.14.